The summed E-state index contributed by atoms with van der Waals surface area (Å²) in [6.45, 7) is 0.810. The molecule has 0 aromatic heterocycles. The van der Waals surface area contributed by atoms with Crippen LogP contribution in [-0.4, -0.2) is 35.4 Å². The number of ether oxygens (including phenoxy) is 1. The van der Waals surface area contributed by atoms with Gasteiger partial charge in [-0.05, 0) is 40.7 Å². The van der Waals surface area contributed by atoms with Crippen molar-refractivity contribution in [3.05, 3.63) is 95.6 Å². The van der Waals surface area contributed by atoms with Crippen molar-refractivity contribution in [2.45, 2.75) is 30.9 Å². The monoisotopic (exact) mass is 399 g/mol. The number of aliphatic hydroxyl groups excluding tert-OH is 1. The normalized spacial score (nSPS) is 20.5. The van der Waals surface area contributed by atoms with E-state index >= 15 is 0 Å². The number of rotatable bonds is 3. The van der Waals surface area contributed by atoms with E-state index in [2.05, 4.69) is 24.3 Å². The maximum atomic E-state index is 13.1. The van der Waals surface area contributed by atoms with Gasteiger partial charge in [-0.2, -0.15) is 0 Å². The molecule has 2 atom stereocenters. The molecule has 0 spiro atoms. The molecule has 0 saturated carbocycles. The molecule has 0 unspecified atom stereocenters. The standard InChI is InChI=1S/C26H25NO3/c28-19-14-15-27(25(16-19)18-8-2-1-3-9-18)26(29)30-17-24-22-12-6-4-10-20(22)21-11-5-7-13-23(21)24/h1-13,19,24-25,28H,14-17H2/t19-,25+/m1/s1. The third-order valence-electron chi connectivity index (χ3n) is 6.33. The Morgan fingerprint density at radius 3 is 2.17 bits per heavy atom. The lowest BCUT2D eigenvalue weighted by molar-refractivity contribution is 0.0277. The van der Waals surface area contributed by atoms with Crippen LogP contribution in [0.25, 0.3) is 11.1 Å². The van der Waals surface area contributed by atoms with Gasteiger partial charge in [0.05, 0.1) is 12.1 Å². The zero-order valence-electron chi connectivity index (χ0n) is 16.8. The first-order valence-corrected chi connectivity index (χ1v) is 10.6. The number of likely N-dealkylation sites (tertiary alicyclic amines) is 1. The summed E-state index contributed by atoms with van der Waals surface area (Å²) in [5.41, 5.74) is 5.89. The number of hydrogen-bond donors (Lipinski definition) is 1. The van der Waals surface area contributed by atoms with Gasteiger partial charge in [0.25, 0.3) is 0 Å². The van der Waals surface area contributed by atoms with Gasteiger partial charge >= 0.3 is 6.09 Å². The first-order valence-electron chi connectivity index (χ1n) is 10.6. The number of carbonyl (C=O) groups excluding carboxylic acids is 1. The van der Waals surface area contributed by atoms with Crippen molar-refractivity contribution < 1.29 is 14.6 Å². The minimum atomic E-state index is -0.396. The van der Waals surface area contributed by atoms with Crippen LogP contribution in [0.2, 0.25) is 0 Å². The first-order chi connectivity index (χ1) is 14.7. The average Bonchev–Trinajstić information content (AvgIpc) is 3.12. The van der Waals surface area contributed by atoms with Gasteiger partial charge in [0.1, 0.15) is 6.61 Å². The predicted octanol–water partition coefficient (Wildman–Crippen LogP) is 5.13. The lowest BCUT2D eigenvalue weighted by Gasteiger charge is -2.37. The highest BCUT2D eigenvalue weighted by atomic mass is 16.6. The SMILES string of the molecule is O=C(OCC1c2ccccc2-c2ccccc21)N1CC[C@@H](O)C[C@H]1c1ccccc1. The maximum absolute atomic E-state index is 13.1. The van der Waals surface area contributed by atoms with E-state index in [4.69, 9.17) is 4.74 Å². The smallest absolute Gasteiger partial charge is 0.410 e. The van der Waals surface area contributed by atoms with Gasteiger partial charge in [-0.1, -0.05) is 78.9 Å². The van der Waals surface area contributed by atoms with E-state index in [1.807, 2.05) is 54.6 Å². The molecule has 1 amide bonds. The molecular formula is C26H25NO3. The molecule has 4 heteroatoms. The second-order valence-corrected chi connectivity index (χ2v) is 8.10. The topological polar surface area (TPSA) is 49.8 Å². The fourth-order valence-electron chi connectivity index (χ4n) is 4.83. The van der Waals surface area contributed by atoms with Gasteiger partial charge < -0.3 is 14.7 Å². The minimum Gasteiger partial charge on any atom is -0.448 e. The number of amides is 1. The number of aliphatic hydroxyl groups is 1. The molecule has 0 bridgehead atoms. The summed E-state index contributed by atoms with van der Waals surface area (Å²) in [7, 11) is 0. The van der Waals surface area contributed by atoms with E-state index in [-0.39, 0.29) is 18.1 Å². The van der Waals surface area contributed by atoms with Crippen molar-refractivity contribution in [1.29, 1.82) is 0 Å². The molecule has 1 fully saturated rings. The molecule has 1 aliphatic carbocycles. The lowest BCUT2D eigenvalue weighted by Crippen LogP contribution is -2.43. The molecule has 1 heterocycles. The van der Waals surface area contributed by atoms with Gasteiger partial charge in [-0.25, -0.2) is 4.79 Å². The van der Waals surface area contributed by atoms with E-state index in [1.165, 1.54) is 22.3 Å². The highest BCUT2D eigenvalue weighted by Crippen LogP contribution is 2.44. The van der Waals surface area contributed by atoms with E-state index in [0.29, 0.717) is 26.0 Å². The molecular weight excluding hydrogens is 374 g/mol. The number of benzene rings is 3. The zero-order chi connectivity index (χ0) is 20.5. The average molecular weight is 399 g/mol. The number of hydrogen-bond acceptors (Lipinski definition) is 3. The molecule has 1 aliphatic heterocycles. The Morgan fingerprint density at radius 1 is 0.900 bits per heavy atom. The third kappa shape index (κ3) is 3.37. The van der Waals surface area contributed by atoms with Crippen LogP contribution in [0, 0.1) is 0 Å². The molecule has 3 aromatic rings. The van der Waals surface area contributed by atoms with Gasteiger partial charge in [0.15, 0.2) is 0 Å². The highest BCUT2D eigenvalue weighted by molar-refractivity contribution is 5.79. The fraction of sp³-hybridized carbons (Fsp3) is 0.269. The van der Waals surface area contributed by atoms with Crippen LogP contribution in [0.1, 0.15) is 41.5 Å². The van der Waals surface area contributed by atoms with E-state index in [9.17, 15) is 9.90 Å². The molecule has 1 N–H and O–H groups in total. The lowest BCUT2D eigenvalue weighted by atomic mass is 9.94. The number of nitrogens with zero attached hydrogens (tertiary/aromatic N) is 1. The molecule has 2 aliphatic rings. The van der Waals surface area contributed by atoms with Crippen LogP contribution in [0.3, 0.4) is 0 Å². The maximum Gasteiger partial charge on any atom is 0.410 e. The van der Waals surface area contributed by atoms with Crippen LogP contribution in [-0.2, 0) is 4.74 Å². The van der Waals surface area contributed by atoms with Crippen molar-refractivity contribution in [2.24, 2.45) is 0 Å². The summed E-state index contributed by atoms with van der Waals surface area (Å²) in [5, 5.41) is 10.2. The highest BCUT2D eigenvalue weighted by Gasteiger charge is 2.34. The van der Waals surface area contributed by atoms with Gasteiger partial charge in [-0.15, -0.1) is 0 Å². The molecule has 3 aromatic carbocycles. The Kier molecular flexibility index (Phi) is 5.01. The molecule has 5 rings (SSSR count). The Morgan fingerprint density at radius 2 is 1.50 bits per heavy atom. The van der Waals surface area contributed by atoms with Crippen LogP contribution >= 0.6 is 0 Å². The number of piperidine rings is 1. The predicted molar refractivity (Wildman–Crippen MR) is 116 cm³/mol. The molecule has 30 heavy (non-hydrogen) atoms. The Hall–Kier alpha value is -3.11. The van der Waals surface area contributed by atoms with Gasteiger partial charge in [0, 0.05) is 12.5 Å². The quantitative estimate of drug-likeness (QED) is 0.664. The van der Waals surface area contributed by atoms with Crippen molar-refractivity contribution in [3.8, 4) is 11.1 Å². The third-order valence-corrected chi connectivity index (χ3v) is 6.33. The molecule has 152 valence electrons. The Balaban J connectivity index is 1.36. The fourth-order valence-corrected chi connectivity index (χ4v) is 4.83. The molecule has 4 nitrogen and oxygen atoms in total. The summed E-state index contributed by atoms with van der Waals surface area (Å²) in [6, 6.07) is 26.4. The summed E-state index contributed by atoms with van der Waals surface area (Å²) in [4.78, 5) is 14.9. The van der Waals surface area contributed by atoms with Gasteiger partial charge in [-0.3, -0.25) is 0 Å². The Labute approximate surface area is 176 Å². The van der Waals surface area contributed by atoms with E-state index in [1.54, 1.807) is 4.90 Å². The second-order valence-electron chi connectivity index (χ2n) is 8.10. The van der Waals surface area contributed by atoms with Crippen molar-refractivity contribution in [2.75, 3.05) is 13.2 Å². The van der Waals surface area contributed by atoms with Gasteiger partial charge in [0.2, 0.25) is 0 Å². The summed E-state index contributed by atoms with van der Waals surface area (Å²) < 4.78 is 5.87. The zero-order valence-corrected chi connectivity index (χ0v) is 16.8. The van der Waals surface area contributed by atoms with E-state index < -0.39 is 6.10 Å². The van der Waals surface area contributed by atoms with Crippen molar-refractivity contribution in [3.63, 3.8) is 0 Å². The summed E-state index contributed by atoms with van der Waals surface area (Å²) >= 11 is 0. The number of fused-ring (bicyclic) bond motifs is 3. The first kappa shape index (κ1) is 18.9. The van der Waals surface area contributed by atoms with Crippen molar-refractivity contribution in [1.82, 2.24) is 4.90 Å². The molecule has 1 saturated heterocycles. The van der Waals surface area contributed by atoms with Crippen LogP contribution in [0.4, 0.5) is 4.79 Å². The van der Waals surface area contributed by atoms with Crippen LogP contribution in [0.5, 0.6) is 0 Å². The summed E-state index contributed by atoms with van der Waals surface area (Å²) in [6.07, 6.45) is 0.410. The minimum absolute atomic E-state index is 0.0481. The summed E-state index contributed by atoms with van der Waals surface area (Å²) in [5.74, 6) is 0.0481. The Bertz CT molecular complexity index is 1000. The molecule has 0 radical (unpaired) electrons. The van der Waals surface area contributed by atoms with E-state index in [0.717, 1.165) is 5.56 Å². The van der Waals surface area contributed by atoms with Crippen LogP contribution < -0.4 is 0 Å². The largest absolute Gasteiger partial charge is 0.448 e. The van der Waals surface area contributed by atoms with Crippen LogP contribution in [0.15, 0.2) is 78.9 Å². The second kappa shape index (κ2) is 7.96. The number of carbonyl (C=O) groups is 1. The van der Waals surface area contributed by atoms with Crippen molar-refractivity contribution >= 4 is 6.09 Å².